The predicted octanol–water partition coefficient (Wildman–Crippen LogP) is 2.84. The summed E-state index contributed by atoms with van der Waals surface area (Å²) in [4.78, 5) is 0. The highest BCUT2D eigenvalue weighted by molar-refractivity contribution is 5.32. The van der Waals surface area contributed by atoms with Gasteiger partial charge < -0.3 is 9.47 Å². The predicted molar refractivity (Wildman–Crippen MR) is 50.7 cm³/mol. The van der Waals surface area contributed by atoms with Crippen LogP contribution in [0.4, 0.5) is 13.2 Å². The van der Waals surface area contributed by atoms with Crippen molar-refractivity contribution in [2.24, 2.45) is 0 Å². The summed E-state index contributed by atoms with van der Waals surface area (Å²) in [5.41, 5.74) is -1.00. The lowest BCUT2D eigenvalue weighted by atomic mass is 9.94. The van der Waals surface area contributed by atoms with Gasteiger partial charge in [-0.05, 0) is 12.5 Å². The largest absolute Gasteiger partial charge is 0.446 e. The van der Waals surface area contributed by atoms with Crippen LogP contribution in [0.15, 0.2) is 30.3 Å². The number of hydrogen-bond acceptors (Lipinski definition) is 2. The summed E-state index contributed by atoms with van der Waals surface area (Å²) in [5, 5.41) is 0. The van der Waals surface area contributed by atoms with Crippen molar-refractivity contribution < 1.29 is 22.6 Å². The van der Waals surface area contributed by atoms with Gasteiger partial charge in [0.2, 0.25) is 0 Å². The number of ether oxygens (including phenoxy) is 2. The van der Waals surface area contributed by atoms with Crippen molar-refractivity contribution in [2.75, 3.05) is 7.11 Å². The second-order valence-electron chi connectivity index (χ2n) is 3.82. The molecule has 1 heterocycles. The van der Waals surface area contributed by atoms with Crippen LogP contribution in [0.2, 0.25) is 0 Å². The van der Waals surface area contributed by atoms with E-state index in [0.717, 1.165) is 7.11 Å². The summed E-state index contributed by atoms with van der Waals surface area (Å²) in [6, 6.07) is 8.24. The van der Waals surface area contributed by atoms with Crippen molar-refractivity contribution in [1.29, 1.82) is 0 Å². The van der Waals surface area contributed by atoms with E-state index >= 15 is 0 Å². The highest BCUT2D eigenvalue weighted by Gasteiger charge is 2.83. The molecule has 88 valence electrons. The lowest BCUT2D eigenvalue weighted by molar-refractivity contribution is -0.265. The number of rotatable bonds is 2. The van der Waals surface area contributed by atoms with Crippen LogP contribution in [0.1, 0.15) is 12.5 Å². The summed E-state index contributed by atoms with van der Waals surface area (Å²) in [6.45, 7) is 1.37. The molecule has 2 atom stereocenters. The maximum absolute atomic E-state index is 12.8. The summed E-state index contributed by atoms with van der Waals surface area (Å²) < 4.78 is 47.9. The number of epoxide rings is 1. The molecule has 0 N–H and O–H groups in total. The van der Waals surface area contributed by atoms with Crippen molar-refractivity contribution in [1.82, 2.24) is 0 Å². The molecule has 0 spiro atoms. The fraction of sp³-hybridized carbons (Fsp3) is 0.455. The van der Waals surface area contributed by atoms with Crippen LogP contribution in [0, 0.1) is 0 Å². The van der Waals surface area contributed by atoms with Gasteiger partial charge >= 0.3 is 12.0 Å². The first-order valence-electron chi connectivity index (χ1n) is 4.75. The average molecular weight is 232 g/mol. The first kappa shape index (κ1) is 11.4. The molecule has 1 fully saturated rings. The van der Waals surface area contributed by atoms with Crippen LogP contribution in [0.25, 0.3) is 0 Å². The molecule has 0 aliphatic carbocycles. The zero-order chi connectivity index (χ0) is 12.0. The van der Waals surface area contributed by atoms with Crippen molar-refractivity contribution in [3.8, 4) is 0 Å². The average Bonchev–Trinajstić information content (AvgIpc) is 2.88. The summed E-state index contributed by atoms with van der Waals surface area (Å²) in [7, 11) is 1.00. The molecule has 1 aliphatic rings. The van der Waals surface area contributed by atoms with E-state index in [2.05, 4.69) is 4.74 Å². The lowest BCUT2D eigenvalue weighted by Crippen LogP contribution is -2.39. The third-order valence-electron chi connectivity index (χ3n) is 2.92. The Bertz CT molecular complexity index is 390. The second kappa shape index (κ2) is 3.21. The van der Waals surface area contributed by atoms with E-state index in [1.807, 2.05) is 0 Å². The highest BCUT2D eigenvalue weighted by Crippen LogP contribution is 2.63. The SMILES string of the molecule is COC1(C(F)(F)F)OC1(C)c1ccccc1. The zero-order valence-electron chi connectivity index (χ0n) is 8.84. The van der Waals surface area contributed by atoms with E-state index in [1.54, 1.807) is 30.3 Å². The number of methoxy groups -OCH3 is 1. The third kappa shape index (κ3) is 1.28. The molecule has 0 saturated carbocycles. The fourth-order valence-electron chi connectivity index (χ4n) is 1.95. The van der Waals surface area contributed by atoms with Gasteiger partial charge in [-0.1, -0.05) is 30.3 Å². The Labute approximate surface area is 91.0 Å². The van der Waals surface area contributed by atoms with Crippen LogP contribution in [0.3, 0.4) is 0 Å². The number of halogens is 3. The van der Waals surface area contributed by atoms with Gasteiger partial charge in [-0.25, -0.2) is 0 Å². The van der Waals surface area contributed by atoms with E-state index in [4.69, 9.17) is 4.74 Å². The summed E-state index contributed by atoms with van der Waals surface area (Å²) >= 11 is 0. The van der Waals surface area contributed by atoms with Crippen molar-refractivity contribution in [2.45, 2.75) is 24.5 Å². The third-order valence-corrected chi connectivity index (χ3v) is 2.92. The minimum atomic E-state index is -4.55. The Morgan fingerprint density at radius 3 is 2.12 bits per heavy atom. The molecule has 1 aliphatic heterocycles. The van der Waals surface area contributed by atoms with E-state index in [1.165, 1.54) is 6.92 Å². The molecule has 0 radical (unpaired) electrons. The standard InChI is InChI=1S/C11H11F3O2/c1-9(8-6-4-3-5-7-8)10(15-2,16-9)11(12,13)14/h3-7H,1-2H3. The Morgan fingerprint density at radius 2 is 1.75 bits per heavy atom. The van der Waals surface area contributed by atoms with Crippen LogP contribution < -0.4 is 0 Å². The molecule has 2 rings (SSSR count). The van der Waals surface area contributed by atoms with Crippen LogP contribution in [-0.4, -0.2) is 19.1 Å². The van der Waals surface area contributed by atoms with Gasteiger partial charge in [0.15, 0.2) is 5.60 Å². The lowest BCUT2D eigenvalue weighted by Gasteiger charge is -2.18. The molecule has 0 bridgehead atoms. The van der Waals surface area contributed by atoms with E-state index < -0.39 is 17.6 Å². The molecule has 5 heteroatoms. The highest BCUT2D eigenvalue weighted by atomic mass is 19.4. The number of benzene rings is 1. The molecule has 2 unspecified atom stereocenters. The Kier molecular flexibility index (Phi) is 2.29. The topological polar surface area (TPSA) is 21.8 Å². The molecular formula is C11H11F3O2. The van der Waals surface area contributed by atoms with Crippen molar-refractivity contribution in [3.05, 3.63) is 35.9 Å². The van der Waals surface area contributed by atoms with Gasteiger partial charge in [0.05, 0.1) is 0 Å². The molecule has 0 aromatic heterocycles. The molecular weight excluding hydrogens is 221 g/mol. The maximum Gasteiger partial charge on any atom is 0.446 e. The Morgan fingerprint density at radius 1 is 1.19 bits per heavy atom. The molecule has 1 aromatic rings. The summed E-state index contributed by atoms with van der Waals surface area (Å²) in [6.07, 6.45) is -4.55. The summed E-state index contributed by atoms with van der Waals surface area (Å²) in [5.74, 6) is -2.51. The van der Waals surface area contributed by atoms with Gasteiger partial charge in [0.25, 0.3) is 0 Å². The van der Waals surface area contributed by atoms with Gasteiger partial charge in [0.1, 0.15) is 0 Å². The molecule has 0 amide bonds. The van der Waals surface area contributed by atoms with Gasteiger partial charge in [-0.15, -0.1) is 0 Å². The van der Waals surface area contributed by atoms with Crippen molar-refractivity contribution in [3.63, 3.8) is 0 Å². The van der Waals surface area contributed by atoms with Crippen LogP contribution in [-0.2, 0) is 15.1 Å². The van der Waals surface area contributed by atoms with Crippen LogP contribution in [0.5, 0.6) is 0 Å². The van der Waals surface area contributed by atoms with E-state index in [-0.39, 0.29) is 0 Å². The quantitative estimate of drug-likeness (QED) is 0.731. The minimum absolute atomic E-state index is 0.453. The maximum atomic E-state index is 12.8. The van der Waals surface area contributed by atoms with Crippen molar-refractivity contribution >= 4 is 0 Å². The van der Waals surface area contributed by atoms with Gasteiger partial charge in [-0.3, -0.25) is 0 Å². The smallest absolute Gasteiger partial charge is 0.343 e. The zero-order valence-corrected chi connectivity index (χ0v) is 8.84. The fourth-order valence-corrected chi connectivity index (χ4v) is 1.95. The second-order valence-corrected chi connectivity index (χ2v) is 3.82. The van der Waals surface area contributed by atoms with Gasteiger partial charge in [-0.2, -0.15) is 13.2 Å². The van der Waals surface area contributed by atoms with E-state index in [0.29, 0.717) is 5.56 Å². The first-order chi connectivity index (χ1) is 7.37. The minimum Gasteiger partial charge on any atom is -0.343 e. The van der Waals surface area contributed by atoms with E-state index in [9.17, 15) is 13.2 Å². The molecule has 1 saturated heterocycles. The molecule has 2 nitrogen and oxygen atoms in total. The first-order valence-corrected chi connectivity index (χ1v) is 4.75. The number of alkyl halides is 3. The Balaban J connectivity index is 2.39. The Hall–Kier alpha value is -1.07. The number of hydrogen-bond donors (Lipinski definition) is 0. The molecule has 16 heavy (non-hydrogen) atoms. The normalized spacial score (nSPS) is 33.8. The monoisotopic (exact) mass is 232 g/mol. The molecule has 1 aromatic carbocycles. The van der Waals surface area contributed by atoms with Gasteiger partial charge in [0, 0.05) is 7.11 Å². The van der Waals surface area contributed by atoms with Crippen LogP contribution >= 0.6 is 0 Å².